The molecule has 1 heterocycles. The molecule has 3 aromatic rings. The molecule has 2 N–H and O–H groups in total. The number of carboxylic acids is 1. The van der Waals surface area contributed by atoms with Gasteiger partial charge in [-0.25, -0.2) is 0 Å². The number of carboxylic acid groups (broad SMARTS) is 1. The minimum absolute atomic E-state index is 0.143. The van der Waals surface area contributed by atoms with Crippen molar-refractivity contribution in [2.75, 3.05) is 6.61 Å². The second-order valence-electron chi connectivity index (χ2n) is 5.32. The van der Waals surface area contributed by atoms with E-state index in [9.17, 15) is 9.90 Å². The van der Waals surface area contributed by atoms with Gasteiger partial charge in [-0.15, -0.1) is 0 Å². The highest BCUT2D eigenvalue weighted by molar-refractivity contribution is 6.39. The fourth-order valence-corrected chi connectivity index (χ4v) is 3.40. The van der Waals surface area contributed by atoms with E-state index in [2.05, 4.69) is 4.98 Å². The summed E-state index contributed by atoms with van der Waals surface area (Å²) in [5.41, 5.74) is 2.88. The molecule has 1 aromatic heterocycles. The number of hydrogen-bond acceptors (Lipinski definition) is 2. The number of aromatic nitrogens is 1. The van der Waals surface area contributed by atoms with Gasteiger partial charge in [0.25, 0.3) is 0 Å². The Hall–Kier alpha value is -2.17. The molecule has 0 atom stereocenters. The second kappa shape index (κ2) is 6.75. The molecule has 0 aliphatic carbocycles. The monoisotopic (exact) mass is 363 g/mol. The van der Waals surface area contributed by atoms with Crippen LogP contribution in [0.4, 0.5) is 0 Å². The molecule has 0 radical (unpaired) electrons. The molecule has 0 bridgehead atoms. The van der Waals surface area contributed by atoms with Crippen molar-refractivity contribution in [1.29, 1.82) is 0 Å². The van der Waals surface area contributed by atoms with E-state index in [1.807, 2.05) is 31.2 Å². The van der Waals surface area contributed by atoms with Crippen molar-refractivity contribution >= 4 is 40.1 Å². The zero-order valence-corrected chi connectivity index (χ0v) is 14.4. The van der Waals surface area contributed by atoms with Crippen molar-refractivity contribution in [2.24, 2.45) is 0 Å². The predicted octanol–water partition coefficient (Wildman–Crippen LogP) is 5.17. The summed E-state index contributed by atoms with van der Waals surface area (Å²) in [4.78, 5) is 14.6. The molecule has 0 fully saturated rings. The average Bonchev–Trinajstić information content (AvgIpc) is 2.85. The fraction of sp³-hybridized carbons (Fsp3) is 0.167. The van der Waals surface area contributed by atoms with Gasteiger partial charge in [0.15, 0.2) is 0 Å². The van der Waals surface area contributed by atoms with Gasteiger partial charge in [-0.1, -0.05) is 35.3 Å². The van der Waals surface area contributed by atoms with Crippen molar-refractivity contribution in [3.05, 3.63) is 52.0 Å². The molecular formula is C18H15Cl2NO3. The van der Waals surface area contributed by atoms with Gasteiger partial charge in [0.05, 0.1) is 23.7 Å². The number of benzene rings is 2. The summed E-state index contributed by atoms with van der Waals surface area (Å²) >= 11 is 12.4. The number of ether oxygens (including phenoxy) is 1. The maximum atomic E-state index is 11.3. The van der Waals surface area contributed by atoms with E-state index in [4.69, 9.17) is 27.9 Å². The summed E-state index contributed by atoms with van der Waals surface area (Å²) in [7, 11) is 0. The molecule has 0 amide bonds. The Kier molecular flexibility index (Phi) is 4.69. The first-order valence-electron chi connectivity index (χ1n) is 7.44. The lowest BCUT2D eigenvalue weighted by molar-refractivity contribution is -0.136. The van der Waals surface area contributed by atoms with Crippen LogP contribution in [0.3, 0.4) is 0 Å². The third-order valence-corrected chi connectivity index (χ3v) is 4.20. The Balaban J connectivity index is 2.24. The van der Waals surface area contributed by atoms with Crippen LogP contribution in [0.1, 0.15) is 12.5 Å². The van der Waals surface area contributed by atoms with Crippen LogP contribution < -0.4 is 4.74 Å². The summed E-state index contributed by atoms with van der Waals surface area (Å²) < 4.78 is 5.53. The number of aliphatic carboxylic acids is 1. The third-order valence-electron chi connectivity index (χ3n) is 3.68. The first-order valence-corrected chi connectivity index (χ1v) is 8.19. The van der Waals surface area contributed by atoms with Crippen LogP contribution in [0.15, 0.2) is 36.4 Å². The number of halogens is 2. The smallest absolute Gasteiger partial charge is 0.307 e. The van der Waals surface area contributed by atoms with Gasteiger partial charge in [-0.05, 0) is 36.8 Å². The summed E-state index contributed by atoms with van der Waals surface area (Å²) in [6.45, 7) is 2.47. The van der Waals surface area contributed by atoms with Gasteiger partial charge >= 0.3 is 5.97 Å². The predicted molar refractivity (Wildman–Crippen MR) is 96.3 cm³/mol. The van der Waals surface area contributed by atoms with Crippen molar-refractivity contribution in [1.82, 2.24) is 4.98 Å². The molecule has 124 valence electrons. The lowest BCUT2D eigenvalue weighted by Gasteiger charge is -2.07. The van der Waals surface area contributed by atoms with E-state index in [0.717, 1.165) is 11.3 Å². The molecule has 0 aliphatic rings. The lowest BCUT2D eigenvalue weighted by atomic mass is 10.0. The zero-order valence-electron chi connectivity index (χ0n) is 12.9. The van der Waals surface area contributed by atoms with E-state index in [0.29, 0.717) is 38.8 Å². The molecule has 24 heavy (non-hydrogen) atoms. The quantitative estimate of drug-likeness (QED) is 0.657. The molecular weight excluding hydrogens is 349 g/mol. The normalized spacial score (nSPS) is 11.0. The Labute approximate surface area is 149 Å². The van der Waals surface area contributed by atoms with Crippen LogP contribution >= 0.6 is 23.2 Å². The van der Waals surface area contributed by atoms with Crippen molar-refractivity contribution in [2.45, 2.75) is 13.3 Å². The SMILES string of the molecule is CCOc1cccc(-c2[nH]c3cc(Cl)cc(Cl)c3c2CC(=O)O)c1. The number of aromatic amines is 1. The van der Waals surface area contributed by atoms with Crippen LogP contribution in [0.2, 0.25) is 10.0 Å². The summed E-state index contributed by atoms with van der Waals surface area (Å²) in [6, 6.07) is 10.8. The molecule has 0 aliphatic heterocycles. The van der Waals surface area contributed by atoms with Gasteiger partial charge in [-0.3, -0.25) is 4.79 Å². The first kappa shape index (κ1) is 16.7. The van der Waals surface area contributed by atoms with Gasteiger partial charge in [0.1, 0.15) is 5.75 Å². The molecule has 0 saturated carbocycles. The number of carbonyl (C=O) groups is 1. The van der Waals surface area contributed by atoms with Gasteiger partial charge in [0.2, 0.25) is 0 Å². The molecule has 0 spiro atoms. The Morgan fingerprint density at radius 3 is 2.75 bits per heavy atom. The van der Waals surface area contributed by atoms with Crippen LogP contribution in [-0.4, -0.2) is 22.7 Å². The minimum Gasteiger partial charge on any atom is -0.494 e. The van der Waals surface area contributed by atoms with Gasteiger partial charge < -0.3 is 14.8 Å². The van der Waals surface area contributed by atoms with Crippen LogP contribution in [0.25, 0.3) is 22.2 Å². The van der Waals surface area contributed by atoms with E-state index >= 15 is 0 Å². The molecule has 0 saturated heterocycles. The van der Waals surface area contributed by atoms with E-state index in [1.165, 1.54) is 0 Å². The van der Waals surface area contributed by atoms with Crippen LogP contribution in [-0.2, 0) is 11.2 Å². The maximum absolute atomic E-state index is 11.3. The third kappa shape index (κ3) is 3.21. The van der Waals surface area contributed by atoms with Crippen LogP contribution in [0, 0.1) is 0 Å². The summed E-state index contributed by atoms with van der Waals surface area (Å²) in [6.07, 6.45) is -0.143. The number of H-pyrrole nitrogens is 1. The van der Waals surface area contributed by atoms with Crippen molar-refractivity contribution in [3.63, 3.8) is 0 Å². The van der Waals surface area contributed by atoms with Gasteiger partial charge in [0, 0.05) is 21.5 Å². The Bertz CT molecular complexity index is 918. The van der Waals surface area contributed by atoms with E-state index in [-0.39, 0.29) is 6.42 Å². The number of hydrogen-bond donors (Lipinski definition) is 2. The summed E-state index contributed by atoms with van der Waals surface area (Å²) in [5.74, 6) is -0.205. The van der Waals surface area contributed by atoms with E-state index < -0.39 is 5.97 Å². The number of nitrogens with one attached hydrogen (secondary N) is 1. The molecule has 4 nitrogen and oxygen atoms in total. The molecule has 6 heteroatoms. The number of rotatable bonds is 5. The van der Waals surface area contributed by atoms with Crippen molar-refractivity contribution in [3.8, 4) is 17.0 Å². The summed E-state index contributed by atoms with van der Waals surface area (Å²) in [5, 5.41) is 10.9. The second-order valence-corrected chi connectivity index (χ2v) is 6.16. The van der Waals surface area contributed by atoms with Crippen molar-refractivity contribution < 1.29 is 14.6 Å². The molecule has 0 unspecified atom stereocenters. The molecule has 2 aromatic carbocycles. The average molecular weight is 364 g/mol. The van der Waals surface area contributed by atoms with Crippen LogP contribution in [0.5, 0.6) is 5.75 Å². The highest BCUT2D eigenvalue weighted by Gasteiger charge is 2.19. The minimum atomic E-state index is -0.927. The maximum Gasteiger partial charge on any atom is 0.307 e. The lowest BCUT2D eigenvalue weighted by Crippen LogP contribution is -2.01. The zero-order chi connectivity index (χ0) is 17.3. The first-order chi connectivity index (χ1) is 11.5. The topological polar surface area (TPSA) is 62.3 Å². The molecule has 3 rings (SSSR count). The van der Waals surface area contributed by atoms with E-state index in [1.54, 1.807) is 12.1 Å². The highest BCUT2D eigenvalue weighted by atomic mass is 35.5. The Morgan fingerprint density at radius 1 is 1.25 bits per heavy atom. The largest absolute Gasteiger partial charge is 0.494 e. The van der Waals surface area contributed by atoms with Gasteiger partial charge in [-0.2, -0.15) is 0 Å². The highest BCUT2D eigenvalue weighted by Crippen LogP contribution is 2.37. The number of fused-ring (bicyclic) bond motifs is 1. The fourth-order valence-electron chi connectivity index (χ4n) is 2.80. The standard InChI is InChI=1S/C18H15Cl2NO3/c1-2-24-12-5-3-4-10(6-12)18-13(9-16(22)23)17-14(20)7-11(19)8-15(17)21-18/h3-8,21H,2,9H2,1H3,(H,22,23). The Morgan fingerprint density at radius 2 is 2.04 bits per heavy atom.